The molecule has 6 heteroatoms. The van der Waals surface area contributed by atoms with Crippen LogP contribution in [-0.2, 0) is 0 Å². The Balaban J connectivity index is 2.19. The Morgan fingerprint density at radius 3 is 2.55 bits per heavy atom. The number of rotatable bonds is 2. The van der Waals surface area contributed by atoms with Crippen molar-refractivity contribution in [2.24, 2.45) is 0 Å². The Bertz CT molecular complexity index is 513. The van der Waals surface area contributed by atoms with Gasteiger partial charge in [-0.15, -0.1) is 0 Å². The van der Waals surface area contributed by atoms with Crippen LogP contribution in [0.3, 0.4) is 0 Å². The van der Waals surface area contributed by atoms with Gasteiger partial charge < -0.3 is 15.5 Å². The zero-order valence-electron chi connectivity index (χ0n) is 11.7. The number of nitrogens with zero attached hydrogens (tertiary/aromatic N) is 2. The predicted octanol–water partition coefficient (Wildman–Crippen LogP) is 2.74. The molecule has 0 unspecified atom stereocenters. The molecule has 0 radical (unpaired) electrons. The zero-order chi connectivity index (χ0) is 14.9. The molecule has 1 aliphatic rings. The fourth-order valence-corrected chi connectivity index (χ4v) is 2.92. The van der Waals surface area contributed by atoms with Crippen LogP contribution in [0.4, 0.5) is 5.69 Å². The maximum atomic E-state index is 12.6. The third kappa shape index (κ3) is 3.19. The van der Waals surface area contributed by atoms with Crippen LogP contribution in [0.15, 0.2) is 12.1 Å². The first-order chi connectivity index (χ1) is 9.40. The van der Waals surface area contributed by atoms with Crippen LogP contribution in [0.25, 0.3) is 0 Å². The molecule has 0 atom stereocenters. The summed E-state index contributed by atoms with van der Waals surface area (Å²) in [7, 11) is 3.90. The number of amides is 1. The quantitative estimate of drug-likeness (QED) is 0.854. The minimum absolute atomic E-state index is 0.126. The summed E-state index contributed by atoms with van der Waals surface area (Å²) < 4.78 is 0. The minimum atomic E-state index is -0.126. The van der Waals surface area contributed by atoms with E-state index in [1.54, 1.807) is 17.0 Å². The highest BCUT2D eigenvalue weighted by molar-refractivity contribution is 6.44. The molecule has 0 bridgehead atoms. The summed E-state index contributed by atoms with van der Waals surface area (Å²) >= 11 is 12.1. The number of hydrogen-bond donors (Lipinski definition) is 1. The summed E-state index contributed by atoms with van der Waals surface area (Å²) in [6, 6.07) is 3.37. The number of halogens is 2. The molecular weight excluding hydrogens is 297 g/mol. The molecule has 1 aromatic carbocycles. The van der Waals surface area contributed by atoms with Crippen molar-refractivity contribution >= 4 is 34.8 Å². The van der Waals surface area contributed by atoms with Gasteiger partial charge >= 0.3 is 0 Å². The Morgan fingerprint density at radius 2 is 1.95 bits per heavy atom. The van der Waals surface area contributed by atoms with Gasteiger partial charge in [-0.25, -0.2) is 0 Å². The van der Waals surface area contributed by atoms with Crippen LogP contribution in [0.5, 0.6) is 0 Å². The van der Waals surface area contributed by atoms with Crippen LogP contribution in [-0.4, -0.2) is 48.9 Å². The van der Waals surface area contributed by atoms with E-state index in [-0.39, 0.29) is 17.0 Å². The molecule has 1 saturated heterocycles. The fraction of sp³-hybridized carbons (Fsp3) is 0.500. The van der Waals surface area contributed by atoms with Crippen molar-refractivity contribution in [3.8, 4) is 0 Å². The first kappa shape index (κ1) is 15.4. The standard InChI is InChI=1S/C14H19Cl2N3O/c1-18-5-3-10(4-6-18)19(2)14(20)11-7-9(17)8-12(15)13(11)16/h7-8,10H,3-6,17H2,1-2H3. The number of nitrogen functional groups attached to an aromatic ring is 1. The van der Waals surface area contributed by atoms with Gasteiger partial charge in [-0.1, -0.05) is 23.2 Å². The second-order valence-electron chi connectivity index (χ2n) is 5.31. The first-order valence-corrected chi connectivity index (χ1v) is 7.36. The van der Waals surface area contributed by atoms with E-state index in [1.165, 1.54) is 0 Å². The third-order valence-electron chi connectivity index (χ3n) is 3.84. The van der Waals surface area contributed by atoms with Crippen LogP contribution in [0.2, 0.25) is 10.0 Å². The number of benzene rings is 1. The van der Waals surface area contributed by atoms with E-state index in [1.807, 2.05) is 7.05 Å². The number of hydrogen-bond acceptors (Lipinski definition) is 3. The number of nitrogens with two attached hydrogens (primary N) is 1. The van der Waals surface area contributed by atoms with Crippen LogP contribution in [0, 0.1) is 0 Å². The molecule has 0 saturated carbocycles. The van der Waals surface area contributed by atoms with Gasteiger partial charge in [0, 0.05) is 18.8 Å². The summed E-state index contributed by atoms with van der Waals surface area (Å²) in [6.07, 6.45) is 1.93. The van der Waals surface area contributed by atoms with Gasteiger partial charge in [0.05, 0.1) is 15.6 Å². The molecule has 1 amide bonds. The lowest BCUT2D eigenvalue weighted by molar-refractivity contribution is 0.0660. The second kappa shape index (κ2) is 6.20. The second-order valence-corrected chi connectivity index (χ2v) is 6.10. The number of piperidine rings is 1. The number of anilines is 1. The highest BCUT2D eigenvalue weighted by Gasteiger charge is 2.26. The van der Waals surface area contributed by atoms with Gasteiger partial charge in [-0.2, -0.15) is 0 Å². The van der Waals surface area contributed by atoms with Crippen LogP contribution in [0.1, 0.15) is 23.2 Å². The van der Waals surface area contributed by atoms with E-state index in [4.69, 9.17) is 28.9 Å². The van der Waals surface area contributed by atoms with E-state index >= 15 is 0 Å². The molecule has 2 rings (SSSR count). The van der Waals surface area contributed by atoms with Gasteiger partial charge in [0.15, 0.2) is 0 Å². The fourth-order valence-electron chi connectivity index (χ4n) is 2.50. The molecule has 2 N–H and O–H groups in total. The van der Waals surface area contributed by atoms with E-state index in [2.05, 4.69) is 11.9 Å². The summed E-state index contributed by atoms with van der Waals surface area (Å²) in [5.74, 6) is -0.126. The van der Waals surface area contributed by atoms with Crippen molar-refractivity contribution in [2.75, 3.05) is 32.9 Å². The minimum Gasteiger partial charge on any atom is -0.399 e. The molecule has 1 aromatic rings. The predicted molar refractivity (Wildman–Crippen MR) is 83.5 cm³/mol. The van der Waals surface area contributed by atoms with Crippen molar-refractivity contribution in [1.82, 2.24) is 9.80 Å². The zero-order valence-corrected chi connectivity index (χ0v) is 13.2. The van der Waals surface area contributed by atoms with Crippen molar-refractivity contribution in [3.05, 3.63) is 27.7 Å². The molecule has 1 fully saturated rings. The smallest absolute Gasteiger partial charge is 0.255 e. The topological polar surface area (TPSA) is 49.6 Å². The average molecular weight is 316 g/mol. The molecule has 4 nitrogen and oxygen atoms in total. The van der Waals surface area contributed by atoms with Crippen LogP contribution < -0.4 is 5.73 Å². The van der Waals surface area contributed by atoms with E-state index in [0.29, 0.717) is 16.3 Å². The lowest BCUT2D eigenvalue weighted by Gasteiger charge is -2.35. The third-order valence-corrected chi connectivity index (χ3v) is 4.64. The summed E-state index contributed by atoms with van der Waals surface area (Å²) in [4.78, 5) is 16.6. The molecule has 1 aliphatic heterocycles. The Kier molecular flexibility index (Phi) is 4.78. The lowest BCUT2D eigenvalue weighted by atomic mass is 10.0. The highest BCUT2D eigenvalue weighted by atomic mass is 35.5. The lowest BCUT2D eigenvalue weighted by Crippen LogP contribution is -2.44. The Hall–Kier alpha value is -0.970. The van der Waals surface area contributed by atoms with Crippen molar-refractivity contribution < 1.29 is 4.79 Å². The first-order valence-electron chi connectivity index (χ1n) is 6.60. The summed E-state index contributed by atoms with van der Waals surface area (Å²) in [5, 5.41) is 0.581. The van der Waals surface area contributed by atoms with Gasteiger partial charge in [-0.05, 0) is 45.1 Å². The number of likely N-dealkylation sites (tertiary alicyclic amines) is 1. The Morgan fingerprint density at radius 1 is 1.35 bits per heavy atom. The van der Waals surface area contributed by atoms with E-state index in [9.17, 15) is 4.79 Å². The summed E-state index contributed by atoms with van der Waals surface area (Å²) in [5.41, 5.74) is 6.56. The van der Waals surface area contributed by atoms with Crippen LogP contribution >= 0.6 is 23.2 Å². The largest absolute Gasteiger partial charge is 0.399 e. The maximum Gasteiger partial charge on any atom is 0.255 e. The number of carbonyl (C=O) groups is 1. The SMILES string of the molecule is CN1CCC(N(C)C(=O)c2cc(N)cc(Cl)c2Cl)CC1. The monoisotopic (exact) mass is 315 g/mol. The van der Waals surface area contributed by atoms with Gasteiger partial charge in [0.2, 0.25) is 0 Å². The molecule has 110 valence electrons. The van der Waals surface area contributed by atoms with E-state index < -0.39 is 0 Å². The van der Waals surface area contributed by atoms with Gasteiger partial charge in [0.25, 0.3) is 5.91 Å². The molecule has 0 aromatic heterocycles. The van der Waals surface area contributed by atoms with Gasteiger partial charge in [-0.3, -0.25) is 4.79 Å². The normalized spacial score (nSPS) is 17.2. The van der Waals surface area contributed by atoms with E-state index in [0.717, 1.165) is 25.9 Å². The molecular formula is C14H19Cl2N3O. The highest BCUT2D eigenvalue weighted by Crippen LogP contribution is 2.30. The van der Waals surface area contributed by atoms with Crippen molar-refractivity contribution in [1.29, 1.82) is 0 Å². The maximum absolute atomic E-state index is 12.6. The van der Waals surface area contributed by atoms with Gasteiger partial charge in [0.1, 0.15) is 0 Å². The average Bonchev–Trinajstić information content (AvgIpc) is 2.42. The summed E-state index contributed by atoms with van der Waals surface area (Å²) in [6.45, 7) is 1.99. The molecule has 20 heavy (non-hydrogen) atoms. The molecule has 0 aliphatic carbocycles. The molecule has 1 heterocycles. The number of carbonyl (C=O) groups excluding carboxylic acids is 1. The Labute approximate surface area is 129 Å². The van der Waals surface area contributed by atoms with Crippen molar-refractivity contribution in [2.45, 2.75) is 18.9 Å². The van der Waals surface area contributed by atoms with Crippen molar-refractivity contribution in [3.63, 3.8) is 0 Å². The molecule has 0 spiro atoms.